The molecule has 100 valence electrons. The Labute approximate surface area is 115 Å². The summed E-state index contributed by atoms with van der Waals surface area (Å²) in [7, 11) is 1.95. The van der Waals surface area contributed by atoms with Crippen molar-refractivity contribution in [3.63, 3.8) is 0 Å². The molecule has 0 aromatic carbocycles. The van der Waals surface area contributed by atoms with Crippen LogP contribution in [0, 0.1) is 0 Å². The summed E-state index contributed by atoms with van der Waals surface area (Å²) in [6.07, 6.45) is 1.85. The van der Waals surface area contributed by atoms with Crippen molar-refractivity contribution in [1.82, 2.24) is 19.3 Å². The maximum Gasteiger partial charge on any atom is 0.202 e. The van der Waals surface area contributed by atoms with E-state index in [1.54, 1.807) is 11.3 Å². The normalized spacial score (nSPS) is 11.5. The van der Waals surface area contributed by atoms with Crippen LogP contribution < -0.4 is 5.73 Å². The van der Waals surface area contributed by atoms with E-state index in [1.165, 1.54) is 4.88 Å². The first-order valence-electron chi connectivity index (χ1n) is 6.40. The first-order chi connectivity index (χ1) is 9.20. The summed E-state index contributed by atoms with van der Waals surface area (Å²) in [5, 5.41) is 6.59. The van der Waals surface area contributed by atoms with E-state index in [1.807, 2.05) is 11.7 Å². The van der Waals surface area contributed by atoms with Gasteiger partial charge in [0.05, 0.1) is 5.69 Å². The predicted octanol–water partition coefficient (Wildman–Crippen LogP) is 2.22. The van der Waals surface area contributed by atoms with Crippen LogP contribution in [-0.4, -0.2) is 19.3 Å². The fraction of sp³-hybridized carbons (Fsp3) is 0.385. The summed E-state index contributed by atoms with van der Waals surface area (Å²) < 4.78 is 3.94. The molecule has 0 spiro atoms. The molecular weight excluding hydrogens is 258 g/mol. The van der Waals surface area contributed by atoms with Gasteiger partial charge in [-0.3, -0.25) is 9.25 Å². The van der Waals surface area contributed by atoms with Crippen LogP contribution in [-0.2, 0) is 26.4 Å². The Bertz CT molecular complexity index is 692. The molecule has 3 aromatic heterocycles. The van der Waals surface area contributed by atoms with Gasteiger partial charge in [0.2, 0.25) is 5.95 Å². The topological polar surface area (TPSA) is 61.7 Å². The Morgan fingerprint density at radius 3 is 2.95 bits per heavy atom. The van der Waals surface area contributed by atoms with Gasteiger partial charge >= 0.3 is 0 Å². The van der Waals surface area contributed by atoms with Crippen LogP contribution >= 0.6 is 11.3 Å². The predicted molar refractivity (Wildman–Crippen MR) is 78.3 cm³/mol. The number of nitrogens with two attached hydrogens (primary N) is 1. The summed E-state index contributed by atoms with van der Waals surface area (Å²) in [5.41, 5.74) is 9.01. The molecule has 0 bridgehead atoms. The van der Waals surface area contributed by atoms with Gasteiger partial charge in [-0.05, 0) is 24.3 Å². The maximum absolute atomic E-state index is 6.04. The zero-order chi connectivity index (χ0) is 13.4. The third-order valence-corrected chi connectivity index (χ3v) is 4.25. The maximum atomic E-state index is 6.04. The van der Waals surface area contributed by atoms with Crippen molar-refractivity contribution in [3.8, 4) is 0 Å². The Hall–Kier alpha value is -1.82. The molecule has 0 amide bonds. The lowest BCUT2D eigenvalue weighted by Gasteiger charge is -2.05. The number of hydrogen-bond donors (Lipinski definition) is 1. The summed E-state index contributed by atoms with van der Waals surface area (Å²) in [6, 6.07) is 4.22. The molecule has 0 aliphatic heterocycles. The molecule has 0 atom stereocenters. The Morgan fingerprint density at radius 2 is 2.26 bits per heavy atom. The standard InChI is InChI=1S/C13H17N5S/c1-3-10-11-12(17(2)16-10)18(13(14)15-11)7-6-9-5-4-8-19-9/h4-5,8H,3,6-7H2,1-2H3,(H2,14,15). The molecule has 0 fully saturated rings. The Morgan fingerprint density at radius 1 is 1.42 bits per heavy atom. The molecule has 6 heteroatoms. The number of thiophene rings is 1. The van der Waals surface area contributed by atoms with Crippen LogP contribution in [0.1, 0.15) is 17.5 Å². The number of anilines is 1. The average Bonchev–Trinajstić information content (AvgIpc) is 3.06. The van der Waals surface area contributed by atoms with E-state index < -0.39 is 0 Å². The Kier molecular flexibility index (Phi) is 3.02. The van der Waals surface area contributed by atoms with Crippen LogP contribution in [0.3, 0.4) is 0 Å². The Balaban J connectivity index is 1.98. The molecule has 0 saturated heterocycles. The molecule has 0 radical (unpaired) electrons. The number of nitrogen functional groups attached to an aromatic ring is 1. The second-order valence-corrected chi connectivity index (χ2v) is 5.58. The lowest BCUT2D eigenvalue weighted by atomic mass is 10.3. The number of hydrogen-bond acceptors (Lipinski definition) is 4. The van der Waals surface area contributed by atoms with E-state index in [-0.39, 0.29) is 0 Å². The fourth-order valence-electron chi connectivity index (χ4n) is 2.39. The van der Waals surface area contributed by atoms with Gasteiger partial charge in [0.1, 0.15) is 5.52 Å². The monoisotopic (exact) mass is 275 g/mol. The van der Waals surface area contributed by atoms with Crippen molar-refractivity contribution in [1.29, 1.82) is 0 Å². The molecule has 5 nitrogen and oxygen atoms in total. The highest BCUT2D eigenvalue weighted by atomic mass is 32.1. The second kappa shape index (κ2) is 4.70. The van der Waals surface area contributed by atoms with Crippen LogP contribution in [0.25, 0.3) is 11.2 Å². The van der Waals surface area contributed by atoms with E-state index in [2.05, 4.69) is 39.1 Å². The fourth-order valence-corrected chi connectivity index (χ4v) is 3.09. The lowest BCUT2D eigenvalue weighted by Crippen LogP contribution is -2.08. The second-order valence-electron chi connectivity index (χ2n) is 4.55. The molecule has 3 rings (SSSR count). The molecule has 19 heavy (non-hydrogen) atoms. The third-order valence-electron chi connectivity index (χ3n) is 3.32. The number of nitrogens with zero attached hydrogens (tertiary/aromatic N) is 4. The van der Waals surface area contributed by atoms with Crippen LogP contribution in [0.5, 0.6) is 0 Å². The smallest absolute Gasteiger partial charge is 0.202 e. The first-order valence-corrected chi connectivity index (χ1v) is 7.28. The zero-order valence-electron chi connectivity index (χ0n) is 11.1. The number of imidazole rings is 1. The van der Waals surface area contributed by atoms with Gasteiger partial charge in [0.15, 0.2) is 5.65 Å². The van der Waals surface area contributed by atoms with Crippen LogP contribution in [0.4, 0.5) is 5.95 Å². The van der Waals surface area contributed by atoms with Crippen molar-refractivity contribution in [2.45, 2.75) is 26.3 Å². The summed E-state index contributed by atoms with van der Waals surface area (Å²) >= 11 is 1.77. The number of rotatable bonds is 4. The van der Waals surface area contributed by atoms with E-state index in [9.17, 15) is 0 Å². The average molecular weight is 275 g/mol. The molecule has 0 aliphatic carbocycles. The first kappa shape index (κ1) is 12.2. The lowest BCUT2D eigenvalue weighted by molar-refractivity contribution is 0.680. The van der Waals surface area contributed by atoms with Crippen molar-refractivity contribution in [2.75, 3.05) is 5.73 Å². The molecule has 0 saturated carbocycles. The molecule has 0 aliphatic rings. The minimum absolute atomic E-state index is 0.578. The van der Waals surface area contributed by atoms with E-state index in [4.69, 9.17) is 5.73 Å². The molecule has 3 heterocycles. The van der Waals surface area contributed by atoms with Gasteiger partial charge in [-0.15, -0.1) is 11.3 Å². The highest BCUT2D eigenvalue weighted by Gasteiger charge is 2.16. The minimum Gasteiger partial charge on any atom is -0.369 e. The summed E-state index contributed by atoms with van der Waals surface area (Å²) in [6.45, 7) is 2.92. The van der Waals surface area contributed by atoms with Crippen molar-refractivity contribution in [3.05, 3.63) is 28.1 Å². The SMILES string of the molecule is CCc1nn(C)c2c1nc(N)n2CCc1cccs1. The number of aromatic nitrogens is 4. The van der Waals surface area contributed by atoms with Crippen LogP contribution in [0.15, 0.2) is 17.5 Å². The molecule has 2 N–H and O–H groups in total. The van der Waals surface area contributed by atoms with Crippen molar-refractivity contribution >= 4 is 28.4 Å². The number of fused-ring (bicyclic) bond motifs is 1. The largest absolute Gasteiger partial charge is 0.369 e. The minimum atomic E-state index is 0.578. The van der Waals surface area contributed by atoms with Crippen molar-refractivity contribution < 1.29 is 0 Å². The van der Waals surface area contributed by atoms with Gasteiger partial charge in [-0.25, -0.2) is 4.98 Å². The highest BCUT2D eigenvalue weighted by Crippen LogP contribution is 2.22. The molecule has 3 aromatic rings. The van der Waals surface area contributed by atoms with Gasteiger partial charge in [0, 0.05) is 18.5 Å². The van der Waals surface area contributed by atoms with Gasteiger partial charge in [0.25, 0.3) is 0 Å². The summed E-state index contributed by atoms with van der Waals surface area (Å²) in [4.78, 5) is 5.83. The zero-order valence-corrected chi connectivity index (χ0v) is 11.9. The molecule has 0 unspecified atom stereocenters. The van der Waals surface area contributed by atoms with Gasteiger partial charge in [-0.2, -0.15) is 5.10 Å². The van der Waals surface area contributed by atoms with Crippen molar-refractivity contribution in [2.24, 2.45) is 7.05 Å². The van der Waals surface area contributed by atoms with E-state index >= 15 is 0 Å². The van der Waals surface area contributed by atoms with E-state index in [0.29, 0.717) is 5.95 Å². The van der Waals surface area contributed by atoms with Gasteiger partial charge in [-0.1, -0.05) is 13.0 Å². The molecular formula is C13H17N5S. The highest BCUT2D eigenvalue weighted by molar-refractivity contribution is 7.09. The summed E-state index contributed by atoms with van der Waals surface area (Å²) in [5.74, 6) is 0.578. The third kappa shape index (κ3) is 2.02. The quantitative estimate of drug-likeness (QED) is 0.794. The van der Waals surface area contributed by atoms with E-state index in [0.717, 1.165) is 36.2 Å². The number of aryl methyl sites for hydroxylation is 4. The van der Waals surface area contributed by atoms with Gasteiger partial charge < -0.3 is 5.73 Å². The van der Waals surface area contributed by atoms with Crippen LogP contribution in [0.2, 0.25) is 0 Å².